The second-order valence-corrected chi connectivity index (χ2v) is 6.33. The van der Waals surface area contributed by atoms with Crippen LogP contribution >= 0.6 is 0 Å². The van der Waals surface area contributed by atoms with Gasteiger partial charge in [-0.1, -0.05) is 24.3 Å². The lowest BCUT2D eigenvalue weighted by Crippen LogP contribution is -2.33. The van der Waals surface area contributed by atoms with Gasteiger partial charge in [0.1, 0.15) is 0 Å². The molecule has 9 nitrogen and oxygen atoms in total. The van der Waals surface area contributed by atoms with E-state index in [0.29, 0.717) is 10.9 Å². The van der Waals surface area contributed by atoms with Crippen LogP contribution in [0.3, 0.4) is 0 Å². The molecule has 0 spiro atoms. The van der Waals surface area contributed by atoms with Crippen LogP contribution in [0.15, 0.2) is 58.1 Å². The van der Waals surface area contributed by atoms with Crippen molar-refractivity contribution in [2.24, 2.45) is 0 Å². The Kier molecular flexibility index (Phi) is 5.35. The number of amides is 1. The molecule has 2 aromatic carbocycles. The number of carbonyl (C=O) groups is 1. The average molecular weight is 382 g/mol. The van der Waals surface area contributed by atoms with Crippen molar-refractivity contribution in [3.8, 4) is 0 Å². The Morgan fingerprint density at radius 1 is 1.18 bits per heavy atom. The van der Waals surface area contributed by atoms with Crippen molar-refractivity contribution in [2.75, 3.05) is 0 Å². The fraction of sp³-hybridized carbons (Fsp3) is 0.211. The molecule has 3 rings (SSSR count). The number of aryl methyl sites for hydroxylation is 1. The number of non-ortho nitro benzene ring substituents is 1. The maximum atomic E-state index is 12.4. The molecule has 0 saturated carbocycles. The van der Waals surface area contributed by atoms with Crippen molar-refractivity contribution in [3.05, 3.63) is 84.9 Å². The first kappa shape index (κ1) is 19.0. The second kappa shape index (κ2) is 7.87. The molecule has 0 aliphatic rings. The highest BCUT2D eigenvalue weighted by Gasteiger charge is 2.14. The Morgan fingerprint density at radius 3 is 2.61 bits per heavy atom. The monoisotopic (exact) mass is 382 g/mol. The molecule has 0 fully saturated rings. The van der Waals surface area contributed by atoms with Crippen LogP contribution in [-0.2, 0) is 11.3 Å². The predicted molar refractivity (Wildman–Crippen MR) is 103 cm³/mol. The molecule has 1 heterocycles. The molecule has 1 unspecified atom stereocenters. The molecule has 9 heteroatoms. The second-order valence-electron chi connectivity index (χ2n) is 6.33. The van der Waals surface area contributed by atoms with Gasteiger partial charge in [0.15, 0.2) is 0 Å². The first-order valence-corrected chi connectivity index (χ1v) is 8.62. The van der Waals surface area contributed by atoms with Crippen LogP contribution in [0, 0.1) is 10.1 Å². The third-order valence-electron chi connectivity index (χ3n) is 4.40. The fourth-order valence-electron chi connectivity index (χ4n) is 2.92. The van der Waals surface area contributed by atoms with Gasteiger partial charge in [0.25, 0.3) is 16.8 Å². The van der Waals surface area contributed by atoms with Crippen molar-refractivity contribution in [2.45, 2.75) is 25.9 Å². The molecule has 2 N–H and O–H groups in total. The van der Waals surface area contributed by atoms with Gasteiger partial charge < -0.3 is 5.32 Å². The number of nitro groups is 1. The lowest BCUT2D eigenvalue weighted by atomic mass is 10.1. The molecular formula is C19H18N4O5. The van der Waals surface area contributed by atoms with E-state index in [1.807, 2.05) is 0 Å². The Hall–Kier alpha value is -3.75. The smallest absolute Gasteiger partial charge is 0.273 e. The van der Waals surface area contributed by atoms with Gasteiger partial charge in [-0.05, 0) is 24.6 Å². The molecule has 0 bridgehead atoms. The van der Waals surface area contributed by atoms with Gasteiger partial charge in [-0.25, -0.2) is 4.68 Å². The summed E-state index contributed by atoms with van der Waals surface area (Å²) in [6.07, 6.45) is -0.0343. The predicted octanol–water partition coefficient (Wildman–Crippen LogP) is 1.87. The van der Waals surface area contributed by atoms with Gasteiger partial charge in [0.2, 0.25) is 5.91 Å². The zero-order chi connectivity index (χ0) is 20.3. The van der Waals surface area contributed by atoms with E-state index in [0.717, 1.165) is 4.68 Å². The third kappa shape index (κ3) is 3.98. The zero-order valence-electron chi connectivity index (χ0n) is 15.0. The number of hydrogen-bond acceptors (Lipinski definition) is 5. The van der Waals surface area contributed by atoms with Crippen LogP contribution in [0.4, 0.5) is 5.69 Å². The summed E-state index contributed by atoms with van der Waals surface area (Å²) in [4.78, 5) is 47.1. The number of aromatic nitrogens is 2. The van der Waals surface area contributed by atoms with Crippen molar-refractivity contribution in [1.29, 1.82) is 0 Å². The summed E-state index contributed by atoms with van der Waals surface area (Å²) >= 11 is 0. The molecule has 1 amide bonds. The summed E-state index contributed by atoms with van der Waals surface area (Å²) < 4.78 is 1.11. The number of fused-ring (bicyclic) bond motifs is 1. The van der Waals surface area contributed by atoms with Crippen molar-refractivity contribution in [1.82, 2.24) is 15.1 Å². The van der Waals surface area contributed by atoms with Crippen LogP contribution in [0.25, 0.3) is 10.8 Å². The van der Waals surface area contributed by atoms with Crippen molar-refractivity contribution < 1.29 is 9.72 Å². The van der Waals surface area contributed by atoms with E-state index in [-0.39, 0.29) is 35.5 Å². The van der Waals surface area contributed by atoms with Crippen LogP contribution < -0.4 is 16.4 Å². The number of rotatable bonds is 6. The van der Waals surface area contributed by atoms with E-state index >= 15 is 0 Å². The summed E-state index contributed by atoms with van der Waals surface area (Å²) in [5, 5.41) is 16.7. The minimum absolute atomic E-state index is 0.00635. The molecule has 28 heavy (non-hydrogen) atoms. The largest absolute Gasteiger partial charge is 0.350 e. The molecule has 0 aliphatic heterocycles. The number of carbonyl (C=O) groups excluding carboxylic acids is 1. The van der Waals surface area contributed by atoms with Crippen molar-refractivity contribution in [3.63, 3.8) is 0 Å². The Morgan fingerprint density at radius 2 is 1.89 bits per heavy atom. The topological polar surface area (TPSA) is 127 Å². The van der Waals surface area contributed by atoms with E-state index in [4.69, 9.17) is 0 Å². The van der Waals surface area contributed by atoms with E-state index in [1.54, 1.807) is 43.3 Å². The molecule has 1 aromatic heterocycles. The third-order valence-corrected chi connectivity index (χ3v) is 4.40. The number of hydrogen-bond donors (Lipinski definition) is 2. The highest BCUT2D eigenvalue weighted by Crippen LogP contribution is 2.19. The Balaban J connectivity index is 1.69. The first-order valence-electron chi connectivity index (χ1n) is 8.62. The summed E-state index contributed by atoms with van der Waals surface area (Å²) in [6, 6.07) is 12.0. The van der Waals surface area contributed by atoms with Crippen LogP contribution in [0.2, 0.25) is 0 Å². The summed E-state index contributed by atoms with van der Waals surface area (Å²) in [7, 11) is 0. The molecule has 144 valence electrons. The van der Waals surface area contributed by atoms with Gasteiger partial charge in [-0.2, -0.15) is 0 Å². The molecular weight excluding hydrogens is 364 g/mol. The number of H-pyrrole nitrogens is 1. The number of nitro benzene ring substituents is 1. The first-order chi connectivity index (χ1) is 13.4. The number of nitrogens with zero attached hydrogens (tertiary/aromatic N) is 2. The Labute approximate surface area is 158 Å². The maximum Gasteiger partial charge on any atom is 0.273 e. The van der Waals surface area contributed by atoms with E-state index in [2.05, 4.69) is 10.4 Å². The maximum absolute atomic E-state index is 12.4. The van der Waals surface area contributed by atoms with E-state index in [9.17, 15) is 24.5 Å². The summed E-state index contributed by atoms with van der Waals surface area (Å²) in [5.41, 5.74) is -0.243. The van der Waals surface area contributed by atoms with E-state index < -0.39 is 16.5 Å². The lowest BCUT2D eigenvalue weighted by Gasteiger charge is -2.14. The van der Waals surface area contributed by atoms with E-state index in [1.165, 1.54) is 12.1 Å². The lowest BCUT2D eigenvalue weighted by molar-refractivity contribution is -0.384. The van der Waals surface area contributed by atoms with Gasteiger partial charge in [-0.15, -0.1) is 0 Å². The molecule has 1 atom stereocenters. The Bertz CT molecular complexity index is 1160. The highest BCUT2D eigenvalue weighted by molar-refractivity contribution is 5.80. The van der Waals surface area contributed by atoms with Crippen molar-refractivity contribution >= 4 is 22.4 Å². The van der Waals surface area contributed by atoms with Crippen LogP contribution in [-0.4, -0.2) is 20.6 Å². The number of nitrogens with one attached hydrogen (secondary N) is 2. The van der Waals surface area contributed by atoms with Gasteiger partial charge in [0.05, 0.1) is 28.3 Å². The quantitative estimate of drug-likeness (QED) is 0.497. The SMILES string of the molecule is CC(NC(=O)CCn1[nH]c(=O)c2ccccc2c1=O)c1cccc([N+](=O)[O-])c1. The summed E-state index contributed by atoms with van der Waals surface area (Å²) in [6.45, 7) is 1.72. The van der Waals surface area contributed by atoms with Crippen LogP contribution in [0.1, 0.15) is 24.9 Å². The average Bonchev–Trinajstić information content (AvgIpc) is 2.69. The highest BCUT2D eigenvalue weighted by atomic mass is 16.6. The summed E-state index contributed by atoms with van der Waals surface area (Å²) in [5.74, 6) is -0.347. The number of aromatic amines is 1. The molecule has 3 aromatic rings. The zero-order valence-corrected chi connectivity index (χ0v) is 15.0. The van der Waals surface area contributed by atoms with Gasteiger partial charge >= 0.3 is 0 Å². The van der Waals surface area contributed by atoms with Gasteiger partial charge in [-0.3, -0.25) is 29.6 Å². The number of benzene rings is 2. The normalized spacial score (nSPS) is 11.9. The van der Waals surface area contributed by atoms with Gasteiger partial charge in [0, 0.05) is 18.6 Å². The molecule has 0 saturated heterocycles. The van der Waals surface area contributed by atoms with Crippen LogP contribution in [0.5, 0.6) is 0 Å². The standard InChI is InChI=1S/C19H18N4O5/c1-12(13-5-4-6-14(11-13)23(27)28)20-17(24)9-10-22-19(26)16-8-3-2-7-15(16)18(25)21-22/h2-8,11-12H,9-10H2,1H3,(H,20,24)(H,21,25). The molecule has 0 radical (unpaired) electrons. The fourth-order valence-corrected chi connectivity index (χ4v) is 2.92. The minimum Gasteiger partial charge on any atom is -0.350 e. The minimum atomic E-state index is -0.499. The molecule has 0 aliphatic carbocycles.